The molecule has 0 amide bonds. The van der Waals surface area contributed by atoms with E-state index in [0.29, 0.717) is 12.0 Å². The predicted octanol–water partition coefficient (Wildman–Crippen LogP) is 2.71. The first-order valence-electron chi connectivity index (χ1n) is 5.89. The molecular formula is C14H17O3P. The van der Waals surface area contributed by atoms with Gasteiger partial charge in [0, 0.05) is 13.1 Å². The summed E-state index contributed by atoms with van der Waals surface area (Å²) in [5.41, 5.74) is 4.84. The third-order valence-corrected chi connectivity index (χ3v) is 3.97. The molecule has 1 atom stereocenters. The minimum atomic E-state index is -3.17. The molecule has 0 heterocycles. The fourth-order valence-corrected chi connectivity index (χ4v) is 3.48. The number of allylic oxidation sites excluding steroid dienone is 2. The predicted molar refractivity (Wildman–Crippen MR) is 73.2 cm³/mol. The van der Waals surface area contributed by atoms with Crippen LogP contribution < -0.4 is 0 Å². The van der Waals surface area contributed by atoms with Gasteiger partial charge in [0.15, 0.2) is 5.78 Å². The van der Waals surface area contributed by atoms with E-state index in [1.54, 1.807) is 0 Å². The number of aryl methyl sites for hydroxylation is 2. The average molecular weight is 264 g/mol. The molecule has 0 spiro atoms. The lowest BCUT2D eigenvalue weighted by atomic mass is 9.86. The average Bonchev–Trinajstić information content (AvgIpc) is 2.11. The van der Waals surface area contributed by atoms with Gasteiger partial charge in [0.1, 0.15) is 0 Å². The monoisotopic (exact) mass is 264 g/mol. The van der Waals surface area contributed by atoms with Gasteiger partial charge in [0.25, 0.3) is 0 Å². The van der Waals surface area contributed by atoms with Gasteiger partial charge in [0.2, 0.25) is 7.37 Å². The van der Waals surface area contributed by atoms with Gasteiger partial charge in [-0.3, -0.25) is 9.36 Å². The van der Waals surface area contributed by atoms with Crippen molar-refractivity contribution in [2.75, 3.05) is 12.8 Å². The molecule has 4 heteroatoms. The molecule has 0 fully saturated rings. The Kier molecular flexibility index (Phi) is 3.31. The van der Waals surface area contributed by atoms with E-state index in [4.69, 9.17) is 0 Å². The van der Waals surface area contributed by atoms with Crippen molar-refractivity contribution in [3.63, 3.8) is 0 Å². The van der Waals surface area contributed by atoms with Crippen LogP contribution in [0, 0.1) is 13.8 Å². The number of hydrogen-bond donors (Lipinski definition) is 1. The molecule has 1 aliphatic carbocycles. The Labute approximate surface area is 107 Å². The van der Waals surface area contributed by atoms with Crippen LogP contribution in [0.5, 0.6) is 0 Å². The minimum absolute atomic E-state index is 0.0101. The fourth-order valence-electron chi connectivity index (χ4n) is 2.60. The molecule has 0 radical (unpaired) electrons. The van der Waals surface area contributed by atoms with Crippen molar-refractivity contribution < 1.29 is 14.3 Å². The van der Waals surface area contributed by atoms with Crippen molar-refractivity contribution in [3.05, 3.63) is 40.5 Å². The van der Waals surface area contributed by atoms with Gasteiger partial charge in [-0.2, -0.15) is 0 Å². The fraction of sp³-hybridized carbons (Fsp3) is 0.357. The maximum Gasteiger partial charge on any atom is 0.201 e. The molecule has 0 aliphatic heterocycles. The van der Waals surface area contributed by atoms with E-state index >= 15 is 0 Å². The second-order valence-corrected chi connectivity index (χ2v) is 7.56. The number of benzene rings is 1. The normalized spacial score (nSPS) is 18.0. The highest BCUT2D eigenvalue weighted by Gasteiger charge is 2.23. The second-order valence-electron chi connectivity index (χ2n) is 5.14. The van der Waals surface area contributed by atoms with Crippen molar-refractivity contribution in [1.82, 2.24) is 0 Å². The van der Waals surface area contributed by atoms with Crippen molar-refractivity contribution in [2.24, 2.45) is 0 Å². The SMILES string of the molecule is Cc1cc(C)c2c(c1)CC(=O)C=C2CP(C)(=O)O. The first kappa shape index (κ1) is 13.3. The van der Waals surface area contributed by atoms with Crippen LogP contribution in [0.2, 0.25) is 0 Å². The summed E-state index contributed by atoms with van der Waals surface area (Å²) in [5.74, 6) is 0.0101. The molecule has 3 nitrogen and oxygen atoms in total. The summed E-state index contributed by atoms with van der Waals surface area (Å²) in [6, 6.07) is 4.03. The van der Waals surface area contributed by atoms with Crippen LogP contribution in [0.1, 0.15) is 22.3 Å². The van der Waals surface area contributed by atoms with Crippen molar-refractivity contribution in [3.8, 4) is 0 Å². The Balaban J connectivity index is 2.56. The third kappa shape index (κ3) is 2.80. The molecule has 1 aromatic carbocycles. The van der Waals surface area contributed by atoms with Crippen molar-refractivity contribution in [2.45, 2.75) is 20.3 Å². The van der Waals surface area contributed by atoms with E-state index in [1.807, 2.05) is 26.0 Å². The molecule has 96 valence electrons. The van der Waals surface area contributed by atoms with Gasteiger partial charge in [-0.15, -0.1) is 0 Å². The first-order valence-corrected chi connectivity index (χ1v) is 8.18. The van der Waals surface area contributed by atoms with Gasteiger partial charge < -0.3 is 4.89 Å². The topological polar surface area (TPSA) is 54.4 Å². The molecule has 0 saturated heterocycles. The Hall–Kier alpha value is -1.18. The highest BCUT2D eigenvalue weighted by atomic mass is 31.2. The zero-order valence-electron chi connectivity index (χ0n) is 10.9. The molecule has 1 aliphatic rings. The summed E-state index contributed by atoms with van der Waals surface area (Å²) in [6.45, 7) is 5.30. The molecule has 1 N–H and O–H groups in total. The first-order chi connectivity index (χ1) is 8.26. The van der Waals surface area contributed by atoms with E-state index in [1.165, 1.54) is 12.7 Å². The Morgan fingerprint density at radius 2 is 2.00 bits per heavy atom. The quantitative estimate of drug-likeness (QED) is 0.835. The van der Waals surface area contributed by atoms with Crippen LogP contribution in [0.4, 0.5) is 0 Å². The highest BCUT2D eigenvalue weighted by molar-refractivity contribution is 7.57. The van der Waals surface area contributed by atoms with E-state index in [0.717, 1.165) is 22.3 Å². The largest absolute Gasteiger partial charge is 0.344 e. The molecular weight excluding hydrogens is 247 g/mol. The summed E-state index contributed by atoms with van der Waals surface area (Å²) in [6.07, 6.45) is 1.98. The highest BCUT2D eigenvalue weighted by Crippen LogP contribution is 2.42. The number of fused-ring (bicyclic) bond motifs is 1. The summed E-state index contributed by atoms with van der Waals surface area (Å²) < 4.78 is 11.6. The van der Waals surface area contributed by atoms with Gasteiger partial charge >= 0.3 is 0 Å². The summed E-state index contributed by atoms with van der Waals surface area (Å²) in [5, 5.41) is 0. The molecule has 18 heavy (non-hydrogen) atoms. The maximum atomic E-state index is 11.7. The zero-order chi connectivity index (χ0) is 13.5. The molecule has 2 rings (SSSR count). The van der Waals surface area contributed by atoms with E-state index in [9.17, 15) is 14.3 Å². The van der Waals surface area contributed by atoms with Crippen LogP contribution in [-0.2, 0) is 15.8 Å². The molecule has 1 unspecified atom stereocenters. The summed E-state index contributed by atoms with van der Waals surface area (Å²) in [4.78, 5) is 21.2. The number of carbonyl (C=O) groups excluding carboxylic acids is 1. The van der Waals surface area contributed by atoms with Gasteiger partial charge in [-0.1, -0.05) is 17.7 Å². The lowest BCUT2D eigenvalue weighted by Gasteiger charge is -2.21. The Bertz CT molecular complexity index is 593. The van der Waals surface area contributed by atoms with E-state index < -0.39 is 7.37 Å². The van der Waals surface area contributed by atoms with Crippen LogP contribution in [0.25, 0.3) is 5.57 Å². The van der Waals surface area contributed by atoms with Crippen LogP contribution in [-0.4, -0.2) is 23.5 Å². The van der Waals surface area contributed by atoms with Crippen LogP contribution in [0.15, 0.2) is 18.2 Å². The van der Waals surface area contributed by atoms with Gasteiger partial charge in [-0.25, -0.2) is 0 Å². The van der Waals surface area contributed by atoms with Gasteiger partial charge in [-0.05, 0) is 42.2 Å². The standard InChI is InChI=1S/C14H17O3P/c1-9-4-10(2)14-11(5-9)6-13(15)7-12(14)8-18(3,16)17/h4-5,7H,6,8H2,1-3H3,(H,16,17). The lowest BCUT2D eigenvalue weighted by molar-refractivity contribution is -0.114. The number of hydrogen-bond acceptors (Lipinski definition) is 2. The van der Waals surface area contributed by atoms with Crippen LogP contribution in [0.3, 0.4) is 0 Å². The zero-order valence-corrected chi connectivity index (χ0v) is 11.8. The Morgan fingerprint density at radius 3 is 2.61 bits per heavy atom. The Morgan fingerprint density at radius 1 is 1.33 bits per heavy atom. The van der Waals surface area contributed by atoms with Crippen molar-refractivity contribution in [1.29, 1.82) is 0 Å². The molecule has 1 aromatic rings. The van der Waals surface area contributed by atoms with Gasteiger partial charge in [0.05, 0.1) is 6.16 Å². The third-order valence-electron chi connectivity index (χ3n) is 3.05. The summed E-state index contributed by atoms with van der Waals surface area (Å²) in [7, 11) is -3.17. The molecule has 0 aromatic heterocycles. The van der Waals surface area contributed by atoms with Crippen LogP contribution >= 0.6 is 7.37 Å². The molecule has 0 saturated carbocycles. The van der Waals surface area contributed by atoms with Crippen molar-refractivity contribution >= 4 is 18.7 Å². The maximum absolute atomic E-state index is 11.7. The smallest absolute Gasteiger partial charge is 0.201 e. The number of ketones is 1. The second kappa shape index (κ2) is 4.49. The summed E-state index contributed by atoms with van der Waals surface area (Å²) >= 11 is 0. The number of rotatable bonds is 2. The number of carbonyl (C=O) groups is 1. The molecule has 0 bridgehead atoms. The van der Waals surface area contributed by atoms with E-state index in [-0.39, 0.29) is 11.9 Å². The lowest BCUT2D eigenvalue weighted by Crippen LogP contribution is -2.13. The minimum Gasteiger partial charge on any atom is -0.344 e. The van der Waals surface area contributed by atoms with E-state index in [2.05, 4.69) is 0 Å².